The van der Waals surface area contributed by atoms with Crippen molar-refractivity contribution in [2.45, 2.75) is 32.7 Å². The lowest BCUT2D eigenvalue weighted by Crippen LogP contribution is -2.31. The van der Waals surface area contributed by atoms with E-state index >= 15 is 0 Å². The molecular weight excluding hydrogens is 228 g/mol. The largest absolute Gasteiger partial charge is 0.464 e. The SMILES string of the molecule is CCCC(Nc1cccc(C#N)c1)C(=O)OCC. The highest BCUT2D eigenvalue weighted by Crippen LogP contribution is 2.14. The Bertz CT molecular complexity index is 438. The van der Waals surface area contributed by atoms with Gasteiger partial charge in [0.15, 0.2) is 0 Å². The fraction of sp³-hybridized carbons (Fsp3) is 0.429. The number of nitrogens with one attached hydrogen (secondary N) is 1. The molecule has 0 aromatic heterocycles. The van der Waals surface area contributed by atoms with E-state index in [1.165, 1.54) is 0 Å². The molecule has 0 fully saturated rings. The van der Waals surface area contributed by atoms with Crippen molar-refractivity contribution in [1.29, 1.82) is 5.26 Å². The number of anilines is 1. The summed E-state index contributed by atoms with van der Waals surface area (Å²) in [5, 5.41) is 11.9. The van der Waals surface area contributed by atoms with Gasteiger partial charge in [0, 0.05) is 5.69 Å². The zero-order valence-corrected chi connectivity index (χ0v) is 10.8. The molecule has 0 saturated heterocycles. The Morgan fingerprint density at radius 3 is 2.89 bits per heavy atom. The molecule has 0 aliphatic heterocycles. The Hall–Kier alpha value is -2.02. The fourth-order valence-corrected chi connectivity index (χ4v) is 1.66. The molecule has 18 heavy (non-hydrogen) atoms. The molecule has 1 aromatic carbocycles. The van der Waals surface area contributed by atoms with Gasteiger partial charge in [-0.1, -0.05) is 19.4 Å². The predicted molar refractivity (Wildman–Crippen MR) is 70.1 cm³/mol. The van der Waals surface area contributed by atoms with Gasteiger partial charge in [0.2, 0.25) is 0 Å². The molecule has 4 heteroatoms. The van der Waals surface area contributed by atoms with Gasteiger partial charge in [-0.2, -0.15) is 5.26 Å². The molecule has 0 spiro atoms. The molecule has 0 heterocycles. The fourth-order valence-electron chi connectivity index (χ4n) is 1.66. The van der Waals surface area contributed by atoms with Crippen LogP contribution >= 0.6 is 0 Å². The van der Waals surface area contributed by atoms with E-state index in [0.717, 1.165) is 12.1 Å². The van der Waals surface area contributed by atoms with Gasteiger partial charge in [-0.15, -0.1) is 0 Å². The highest BCUT2D eigenvalue weighted by atomic mass is 16.5. The lowest BCUT2D eigenvalue weighted by atomic mass is 10.1. The first-order valence-corrected chi connectivity index (χ1v) is 6.14. The number of esters is 1. The summed E-state index contributed by atoms with van der Waals surface area (Å²) in [4.78, 5) is 11.7. The van der Waals surface area contributed by atoms with Crippen molar-refractivity contribution in [2.24, 2.45) is 0 Å². The number of carbonyl (C=O) groups excluding carboxylic acids is 1. The van der Waals surface area contributed by atoms with Crippen LogP contribution < -0.4 is 5.32 Å². The molecular formula is C14H18N2O2. The quantitative estimate of drug-likeness (QED) is 0.784. The highest BCUT2D eigenvalue weighted by Gasteiger charge is 2.18. The van der Waals surface area contributed by atoms with Crippen molar-refractivity contribution in [3.63, 3.8) is 0 Å². The third kappa shape index (κ3) is 4.10. The smallest absolute Gasteiger partial charge is 0.328 e. The van der Waals surface area contributed by atoms with E-state index < -0.39 is 0 Å². The summed E-state index contributed by atoms with van der Waals surface area (Å²) in [6.07, 6.45) is 1.59. The van der Waals surface area contributed by atoms with Gasteiger partial charge in [0.05, 0.1) is 18.2 Å². The second kappa shape index (κ2) is 7.33. The van der Waals surface area contributed by atoms with Gasteiger partial charge < -0.3 is 10.1 Å². The van der Waals surface area contributed by atoms with E-state index in [1.807, 2.05) is 13.0 Å². The number of benzene rings is 1. The average molecular weight is 246 g/mol. The first-order valence-electron chi connectivity index (χ1n) is 6.14. The van der Waals surface area contributed by atoms with Crippen LogP contribution in [-0.2, 0) is 9.53 Å². The first kappa shape index (κ1) is 14.0. The zero-order valence-electron chi connectivity index (χ0n) is 10.8. The molecule has 4 nitrogen and oxygen atoms in total. The van der Waals surface area contributed by atoms with E-state index in [-0.39, 0.29) is 12.0 Å². The van der Waals surface area contributed by atoms with Crippen molar-refractivity contribution < 1.29 is 9.53 Å². The molecule has 0 saturated carbocycles. The Morgan fingerprint density at radius 1 is 1.50 bits per heavy atom. The zero-order chi connectivity index (χ0) is 13.4. The lowest BCUT2D eigenvalue weighted by molar-refractivity contribution is -0.144. The van der Waals surface area contributed by atoms with Gasteiger partial charge in [0.25, 0.3) is 0 Å². The monoisotopic (exact) mass is 246 g/mol. The Labute approximate surface area is 108 Å². The molecule has 0 aliphatic rings. The van der Waals surface area contributed by atoms with E-state index in [1.54, 1.807) is 25.1 Å². The van der Waals surface area contributed by atoms with E-state index in [2.05, 4.69) is 11.4 Å². The number of rotatable bonds is 6. The van der Waals surface area contributed by atoms with Crippen molar-refractivity contribution >= 4 is 11.7 Å². The molecule has 1 N–H and O–H groups in total. The maximum absolute atomic E-state index is 11.7. The highest BCUT2D eigenvalue weighted by molar-refractivity contribution is 5.79. The molecule has 0 radical (unpaired) electrons. The van der Waals surface area contributed by atoms with Crippen LogP contribution in [0, 0.1) is 11.3 Å². The molecule has 0 bridgehead atoms. The van der Waals surface area contributed by atoms with Crippen molar-refractivity contribution in [2.75, 3.05) is 11.9 Å². The maximum atomic E-state index is 11.7. The Kier molecular flexibility index (Phi) is 5.72. The average Bonchev–Trinajstić information content (AvgIpc) is 2.39. The van der Waals surface area contributed by atoms with Crippen molar-refractivity contribution in [3.05, 3.63) is 29.8 Å². The van der Waals surface area contributed by atoms with Crippen LogP contribution in [0.15, 0.2) is 24.3 Å². The van der Waals surface area contributed by atoms with Crippen molar-refractivity contribution in [1.82, 2.24) is 0 Å². The molecule has 1 unspecified atom stereocenters. The van der Waals surface area contributed by atoms with Crippen LogP contribution in [0.5, 0.6) is 0 Å². The minimum absolute atomic E-state index is 0.248. The summed E-state index contributed by atoms with van der Waals surface area (Å²) in [7, 11) is 0. The molecule has 1 rings (SSSR count). The predicted octanol–water partition coefficient (Wildman–Crippen LogP) is 2.70. The second-order valence-electron chi connectivity index (χ2n) is 3.93. The van der Waals surface area contributed by atoms with Crippen LogP contribution in [-0.4, -0.2) is 18.6 Å². The molecule has 96 valence electrons. The third-order valence-corrected chi connectivity index (χ3v) is 2.48. The minimum Gasteiger partial charge on any atom is -0.464 e. The Balaban J connectivity index is 2.76. The van der Waals surface area contributed by atoms with Crippen LogP contribution in [0.25, 0.3) is 0 Å². The molecule has 0 aliphatic carbocycles. The lowest BCUT2D eigenvalue weighted by Gasteiger charge is -2.17. The summed E-state index contributed by atoms with van der Waals surface area (Å²) in [6.45, 7) is 4.18. The summed E-state index contributed by atoms with van der Waals surface area (Å²) < 4.78 is 5.02. The normalized spacial score (nSPS) is 11.4. The second-order valence-corrected chi connectivity index (χ2v) is 3.93. The number of carbonyl (C=O) groups is 1. The van der Waals surface area contributed by atoms with Gasteiger partial charge in [-0.25, -0.2) is 4.79 Å². The van der Waals surface area contributed by atoms with Gasteiger partial charge >= 0.3 is 5.97 Å². The minimum atomic E-state index is -0.358. The number of hydrogen-bond donors (Lipinski definition) is 1. The maximum Gasteiger partial charge on any atom is 0.328 e. The summed E-state index contributed by atoms with van der Waals surface area (Å²) in [5.41, 5.74) is 1.33. The number of nitrogens with zero attached hydrogens (tertiary/aromatic N) is 1. The van der Waals surface area contributed by atoms with Crippen LogP contribution in [0.4, 0.5) is 5.69 Å². The van der Waals surface area contributed by atoms with Crippen LogP contribution in [0.3, 0.4) is 0 Å². The first-order chi connectivity index (χ1) is 8.71. The topological polar surface area (TPSA) is 62.1 Å². The van der Waals surface area contributed by atoms with Gasteiger partial charge in [-0.3, -0.25) is 0 Å². The van der Waals surface area contributed by atoms with Crippen LogP contribution in [0.2, 0.25) is 0 Å². The summed E-state index contributed by atoms with van der Waals surface area (Å²) in [5.74, 6) is -0.248. The summed E-state index contributed by atoms with van der Waals surface area (Å²) in [6, 6.07) is 8.79. The van der Waals surface area contributed by atoms with E-state index in [9.17, 15) is 4.79 Å². The Morgan fingerprint density at radius 2 is 2.28 bits per heavy atom. The molecule has 1 atom stereocenters. The third-order valence-electron chi connectivity index (χ3n) is 2.48. The van der Waals surface area contributed by atoms with Crippen LogP contribution in [0.1, 0.15) is 32.3 Å². The summed E-state index contributed by atoms with van der Waals surface area (Å²) >= 11 is 0. The van der Waals surface area contributed by atoms with E-state index in [0.29, 0.717) is 18.6 Å². The van der Waals surface area contributed by atoms with E-state index in [4.69, 9.17) is 10.00 Å². The number of ether oxygens (including phenoxy) is 1. The van der Waals surface area contributed by atoms with Gasteiger partial charge in [0.1, 0.15) is 6.04 Å². The standard InChI is InChI=1S/C14H18N2O2/c1-3-6-13(14(17)18-4-2)16-12-8-5-7-11(9-12)10-15/h5,7-9,13,16H,3-4,6H2,1-2H3. The number of nitriles is 1. The number of hydrogen-bond acceptors (Lipinski definition) is 4. The van der Waals surface area contributed by atoms with Crippen molar-refractivity contribution in [3.8, 4) is 6.07 Å². The van der Waals surface area contributed by atoms with Gasteiger partial charge in [-0.05, 0) is 31.5 Å². The molecule has 0 amide bonds. The molecule has 1 aromatic rings.